The van der Waals surface area contributed by atoms with Crippen LogP contribution >= 0.6 is 0 Å². The average Bonchev–Trinajstić information content (AvgIpc) is 3.26. The largest absolute Gasteiger partial charge is 0.486 e. The molecular formula is C29H22O9. The van der Waals surface area contributed by atoms with Gasteiger partial charge in [-0.2, -0.15) is 0 Å². The van der Waals surface area contributed by atoms with E-state index in [9.17, 15) is 14.4 Å². The Morgan fingerprint density at radius 2 is 1.76 bits per heavy atom. The molecule has 0 saturated heterocycles. The van der Waals surface area contributed by atoms with Crippen molar-refractivity contribution in [3.05, 3.63) is 82.6 Å². The molecule has 9 nitrogen and oxygen atoms in total. The van der Waals surface area contributed by atoms with Gasteiger partial charge < -0.3 is 28.4 Å². The zero-order valence-electron chi connectivity index (χ0n) is 20.4. The summed E-state index contributed by atoms with van der Waals surface area (Å²) in [5.74, 6) is 0.647. The summed E-state index contributed by atoms with van der Waals surface area (Å²) in [5.41, 5.74) is 2.30. The molecule has 0 spiro atoms. The first-order valence-corrected chi connectivity index (χ1v) is 12.0. The molecule has 0 N–H and O–H groups in total. The average molecular weight is 514 g/mol. The quantitative estimate of drug-likeness (QED) is 0.283. The van der Waals surface area contributed by atoms with Gasteiger partial charge in [-0.3, -0.25) is 9.59 Å². The molecule has 38 heavy (non-hydrogen) atoms. The second-order valence-corrected chi connectivity index (χ2v) is 8.83. The lowest BCUT2D eigenvalue weighted by molar-refractivity contribution is -0.143. The highest BCUT2D eigenvalue weighted by Crippen LogP contribution is 2.50. The predicted octanol–water partition coefficient (Wildman–Crippen LogP) is 4.07. The monoisotopic (exact) mass is 514 g/mol. The Bertz CT molecular complexity index is 1500. The molecule has 3 aromatic rings. The second-order valence-electron chi connectivity index (χ2n) is 8.83. The number of rotatable bonds is 5. The van der Waals surface area contributed by atoms with E-state index >= 15 is 0 Å². The highest BCUT2D eigenvalue weighted by atomic mass is 16.6. The van der Waals surface area contributed by atoms with E-state index in [1.807, 2.05) is 18.2 Å². The molecule has 3 aliphatic heterocycles. The van der Waals surface area contributed by atoms with E-state index in [0.29, 0.717) is 64.2 Å². The molecule has 0 amide bonds. The standard InChI is InChI=1S/C29H22O9/c1-33-26(31)15-36-20-5-3-2-4-17(20)19-14-25(30)37-22-9-7-18-28(32)24(38-29(18)27(19)22)13-16-6-8-21-23(12-16)35-11-10-34-21/h2-9,12-13,19H,10-11,14-15H2,1H3/b24-13-/t19-/m1/s1. The summed E-state index contributed by atoms with van der Waals surface area (Å²) in [6.07, 6.45) is 1.64. The van der Waals surface area contributed by atoms with Crippen LogP contribution in [0.1, 0.15) is 39.4 Å². The summed E-state index contributed by atoms with van der Waals surface area (Å²) in [5, 5.41) is 0. The summed E-state index contributed by atoms with van der Waals surface area (Å²) < 4.78 is 33.3. The number of carbonyl (C=O) groups excluding carboxylic acids is 3. The number of hydrogen-bond acceptors (Lipinski definition) is 9. The number of Topliss-reactive ketones (excluding diaryl/α,β-unsaturated/α-hetero) is 1. The molecule has 0 aromatic heterocycles. The first kappa shape index (κ1) is 23.6. The fourth-order valence-electron chi connectivity index (χ4n) is 4.77. The van der Waals surface area contributed by atoms with E-state index < -0.39 is 17.9 Å². The van der Waals surface area contributed by atoms with Crippen LogP contribution in [0, 0.1) is 0 Å². The summed E-state index contributed by atoms with van der Waals surface area (Å²) in [6, 6.07) is 15.7. The second kappa shape index (κ2) is 9.59. The van der Waals surface area contributed by atoms with E-state index in [-0.39, 0.29) is 24.6 Å². The zero-order valence-corrected chi connectivity index (χ0v) is 20.4. The lowest BCUT2D eigenvalue weighted by atomic mass is 9.84. The van der Waals surface area contributed by atoms with Gasteiger partial charge in [0.25, 0.3) is 0 Å². The van der Waals surface area contributed by atoms with Crippen molar-refractivity contribution >= 4 is 23.8 Å². The maximum Gasteiger partial charge on any atom is 0.343 e. The van der Waals surface area contributed by atoms with Gasteiger partial charge in [-0.15, -0.1) is 0 Å². The van der Waals surface area contributed by atoms with Gasteiger partial charge in [-0.05, 0) is 42.0 Å². The van der Waals surface area contributed by atoms with Crippen molar-refractivity contribution in [3.63, 3.8) is 0 Å². The zero-order chi connectivity index (χ0) is 26.2. The Morgan fingerprint density at radius 1 is 0.974 bits per heavy atom. The minimum atomic E-state index is -0.535. The normalized spacial score (nSPS) is 18.2. The van der Waals surface area contributed by atoms with Gasteiger partial charge in [0, 0.05) is 17.0 Å². The Labute approximate surface area is 217 Å². The molecule has 0 radical (unpaired) electrons. The Hall–Kier alpha value is -4.79. The number of carbonyl (C=O) groups is 3. The molecule has 0 unspecified atom stereocenters. The van der Waals surface area contributed by atoms with Crippen LogP contribution < -0.4 is 23.7 Å². The van der Waals surface area contributed by atoms with E-state index in [1.54, 1.807) is 42.5 Å². The third-order valence-electron chi connectivity index (χ3n) is 6.51. The third-order valence-corrected chi connectivity index (χ3v) is 6.51. The van der Waals surface area contributed by atoms with Crippen LogP contribution in [0.15, 0.2) is 60.4 Å². The Balaban J connectivity index is 1.38. The van der Waals surface area contributed by atoms with Crippen molar-refractivity contribution in [3.8, 4) is 28.7 Å². The van der Waals surface area contributed by atoms with Gasteiger partial charge in [0.1, 0.15) is 30.5 Å². The summed E-state index contributed by atoms with van der Waals surface area (Å²) in [7, 11) is 1.28. The summed E-state index contributed by atoms with van der Waals surface area (Å²) in [6.45, 7) is 0.644. The van der Waals surface area contributed by atoms with Gasteiger partial charge in [0.05, 0.1) is 19.1 Å². The lowest BCUT2D eigenvalue weighted by Crippen LogP contribution is -2.22. The fraction of sp³-hybridized carbons (Fsp3) is 0.207. The molecule has 192 valence electrons. The minimum Gasteiger partial charge on any atom is -0.486 e. The molecular weight excluding hydrogens is 492 g/mol. The number of allylic oxidation sites excluding steroid dienone is 1. The van der Waals surface area contributed by atoms with Gasteiger partial charge in [0.15, 0.2) is 23.9 Å². The van der Waals surface area contributed by atoms with Crippen molar-refractivity contribution in [2.45, 2.75) is 12.3 Å². The maximum absolute atomic E-state index is 13.3. The van der Waals surface area contributed by atoms with Gasteiger partial charge >= 0.3 is 11.9 Å². The molecule has 0 aliphatic carbocycles. The maximum atomic E-state index is 13.3. The van der Waals surface area contributed by atoms with Crippen molar-refractivity contribution in [1.82, 2.24) is 0 Å². The van der Waals surface area contributed by atoms with Crippen LogP contribution in [0.25, 0.3) is 6.08 Å². The molecule has 0 saturated carbocycles. The number of hydrogen-bond donors (Lipinski definition) is 0. The van der Waals surface area contributed by atoms with Crippen LogP contribution in [-0.2, 0) is 14.3 Å². The Morgan fingerprint density at radius 3 is 2.61 bits per heavy atom. The smallest absolute Gasteiger partial charge is 0.343 e. The number of esters is 2. The molecule has 0 fully saturated rings. The number of para-hydroxylation sites is 1. The number of benzene rings is 3. The van der Waals surface area contributed by atoms with Crippen LogP contribution in [0.4, 0.5) is 0 Å². The Kier molecular flexibility index (Phi) is 5.95. The molecule has 1 atom stereocenters. The third kappa shape index (κ3) is 4.21. The first-order valence-electron chi connectivity index (χ1n) is 12.0. The molecule has 3 heterocycles. The number of methoxy groups -OCH3 is 1. The van der Waals surface area contributed by atoms with Gasteiger partial charge in [0.2, 0.25) is 5.78 Å². The molecule has 3 aliphatic rings. The minimum absolute atomic E-state index is 0.000804. The van der Waals surface area contributed by atoms with Crippen molar-refractivity contribution < 1.29 is 42.8 Å². The van der Waals surface area contributed by atoms with E-state index in [0.717, 1.165) is 0 Å². The molecule has 6 rings (SSSR count). The van der Waals surface area contributed by atoms with Crippen LogP contribution in [-0.4, -0.2) is 44.7 Å². The van der Waals surface area contributed by atoms with Crippen molar-refractivity contribution in [2.24, 2.45) is 0 Å². The fourth-order valence-corrected chi connectivity index (χ4v) is 4.77. The van der Waals surface area contributed by atoms with E-state index in [1.165, 1.54) is 7.11 Å². The molecule has 3 aromatic carbocycles. The van der Waals surface area contributed by atoms with Crippen LogP contribution in [0.5, 0.6) is 28.7 Å². The first-order chi connectivity index (χ1) is 18.5. The SMILES string of the molecule is COC(=O)COc1ccccc1[C@H]1CC(=O)Oc2ccc3c(c21)O/C(=C\c1ccc2c(c1)OCCO2)C3=O. The van der Waals surface area contributed by atoms with Crippen molar-refractivity contribution in [2.75, 3.05) is 26.9 Å². The number of ketones is 1. The highest BCUT2D eigenvalue weighted by Gasteiger charge is 2.39. The summed E-state index contributed by atoms with van der Waals surface area (Å²) in [4.78, 5) is 37.5. The van der Waals surface area contributed by atoms with Gasteiger partial charge in [-0.25, -0.2) is 4.79 Å². The van der Waals surface area contributed by atoms with Crippen molar-refractivity contribution in [1.29, 1.82) is 0 Å². The lowest BCUT2D eigenvalue weighted by Gasteiger charge is -2.27. The van der Waals surface area contributed by atoms with Crippen LogP contribution in [0.2, 0.25) is 0 Å². The van der Waals surface area contributed by atoms with E-state index in [4.69, 9.17) is 23.7 Å². The number of ether oxygens (including phenoxy) is 6. The van der Waals surface area contributed by atoms with E-state index in [2.05, 4.69) is 4.74 Å². The molecule has 9 heteroatoms. The van der Waals surface area contributed by atoms with Crippen LogP contribution in [0.3, 0.4) is 0 Å². The number of fused-ring (bicyclic) bond motifs is 4. The predicted molar refractivity (Wildman–Crippen MR) is 133 cm³/mol. The van der Waals surface area contributed by atoms with Gasteiger partial charge in [-0.1, -0.05) is 24.3 Å². The highest BCUT2D eigenvalue weighted by molar-refractivity contribution is 6.15. The molecule has 0 bridgehead atoms. The summed E-state index contributed by atoms with van der Waals surface area (Å²) >= 11 is 0. The topological polar surface area (TPSA) is 107 Å².